The van der Waals surface area contributed by atoms with E-state index in [-0.39, 0.29) is 5.83 Å². The summed E-state index contributed by atoms with van der Waals surface area (Å²) >= 11 is 0. The van der Waals surface area contributed by atoms with Crippen LogP contribution >= 0.6 is 0 Å². The molecule has 1 aliphatic rings. The molecule has 0 heterocycles. The first kappa shape index (κ1) is 7.32. The number of rotatable bonds is 1. The first-order chi connectivity index (χ1) is 4.72. The van der Waals surface area contributed by atoms with E-state index in [0.29, 0.717) is 0 Å². The summed E-state index contributed by atoms with van der Waals surface area (Å²) in [6.45, 7) is 0. The maximum absolute atomic E-state index is 12.8. The van der Waals surface area contributed by atoms with Crippen LogP contribution in [-0.2, 0) is 0 Å². The lowest BCUT2D eigenvalue weighted by Crippen LogP contribution is -2.13. The number of allylic oxidation sites excluding steroid dienone is 4. The van der Waals surface area contributed by atoms with E-state index in [4.69, 9.17) is 0 Å². The molecule has 0 aromatic rings. The molecule has 0 aromatic heterocycles. The third-order valence-electron chi connectivity index (χ3n) is 1.63. The van der Waals surface area contributed by atoms with E-state index in [9.17, 15) is 4.39 Å². The molecule has 10 heavy (non-hydrogen) atoms. The minimum atomic E-state index is -0.0868. The maximum atomic E-state index is 12.8. The third-order valence-corrected chi connectivity index (χ3v) is 1.63. The highest BCUT2D eigenvalue weighted by atomic mass is 19.1. The zero-order chi connectivity index (χ0) is 7.56. The van der Waals surface area contributed by atoms with Crippen LogP contribution in [0.25, 0.3) is 0 Å². The summed E-state index contributed by atoms with van der Waals surface area (Å²) < 4.78 is 12.8. The molecular weight excluding hydrogens is 129 g/mol. The largest absolute Gasteiger partial charge is 0.379 e. The van der Waals surface area contributed by atoms with Crippen molar-refractivity contribution in [2.45, 2.75) is 12.8 Å². The second kappa shape index (κ2) is 2.86. The molecule has 0 fully saturated rings. The molecule has 0 N–H and O–H groups in total. The van der Waals surface area contributed by atoms with E-state index in [0.717, 1.165) is 18.5 Å². The predicted octanol–water partition coefficient (Wildman–Crippen LogP) is 2.08. The quantitative estimate of drug-likeness (QED) is 0.540. The van der Waals surface area contributed by atoms with Crippen LogP contribution in [0.5, 0.6) is 0 Å². The molecule has 0 saturated heterocycles. The molecule has 0 unspecified atom stereocenters. The van der Waals surface area contributed by atoms with Gasteiger partial charge in [-0.3, -0.25) is 0 Å². The molecular formula is C8H12FN. The summed E-state index contributed by atoms with van der Waals surface area (Å²) in [6.07, 6.45) is 5.19. The molecule has 1 aliphatic carbocycles. The van der Waals surface area contributed by atoms with E-state index >= 15 is 0 Å². The second-order valence-electron chi connectivity index (χ2n) is 2.63. The molecule has 1 rings (SSSR count). The van der Waals surface area contributed by atoms with Gasteiger partial charge in [-0.15, -0.1) is 0 Å². The van der Waals surface area contributed by atoms with Crippen LogP contribution in [0.1, 0.15) is 12.8 Å². The van der Waals surface area contributed by atoms with E-state index in [2.05, 4.69) is 0 Å². The van der Waals surface area contributed by atoms with Crippen molar-refractivity contribution in [1.29, 1.82) is 0 Å². The van der Waals surface area contributed by atoms with Crippen LogP contribution in [0.2, 0.25) is 0 Å². The number of nitrogens with zero attached hydrogens (tertiary/aromatic N) is 1. The molecule has 0 amide bonds. The zero-order valence-corrected chi connectivity index (χ0v) is 6.39. The van der Waals surface area contributed by atoms with Crippen LogP contribution in [0.4, 0.5) is 4.39 Å². The third kappa shape index (κ3) is 1.38. The molecule has 0 aliphatic heterocycles. The Hall–Kier alpha value is -0.790. The van der Waals surface area contributed by atoms with Gasteiger partial charge in [-0.25, -0.2) is 4.39 Å². The fourth-order valence-corrected chi connectivity index (χ4v) is 1.06. The van der Waals surface area contributed by atoms with Gasteiger partial charge in [0, 0.05) is 19.8 Å². The van der Waals surface area contributed by atoms with Gasteiger partial charge in [0.25, 0.3) is 0 Å². The highest BCUT2D eigenvalue weighted by Gasteiger charge is 2.08. The number of halogens is 1. The van der Waals surface area contributed by atoms with E-state index in [1.54, 1.807) is 6.08 Å². The van der Waals surface area contributed by atoms with Crippen molar-refractivity contribution in [1.82, 2.24) is 4.90 Å². The molecule has 0 aromatic carbocycles. The van der Waals surface area contributed by atoms with Crippen molar-refractivity contribution in [2.24, 2.45) is 0 Å². The topological polar surface area (TPSA) is 3.24 Å². The fraction of sp³-hybridized carbons (Fsp3) is 0.500. The van der Waals surface area contributed by atoms with Crippen molar-refractivity contribution in [3.63, 3.8) is 0 Å². The van der Waals surface area contributed by atoms with Gasteiger partial charge in [-0.05, 0) is 18.9 Å². The van der Waals surface area contributed by atoms with E-state index < -0.39 is 0 Å². The SMILES string of the molecule is CN(C)C1=C(F)C=CCC1. The Morgan fingerprint density at radius 3 is 2.60 bits per heavy atom. The van der Waals surface area contributed by atoms with Crippen molar-refractivity contribution in [3.8, 4) is 0 Å². The summed E-state index contributed by atoms with van der Waals surface area (Å²) in [5.74, 6) is -0.0868. The molecule has 0 saturated carbocycles. The minimum absolute atomic E-state index is 0.0868. The lowest BCUT2D eigenvalue weighted by atomic mass is 10.1. The molecule has 1 nitrogen and oxygen atoms in total. The van der Waals surface area contributed by atoms with Crippen molar-refractivity contribution < 1.29 is 4.39 Å². The predicted molar refractivity (Wildman–Crippen MR) is 40.2 cm³/mol. The van der Waals surface area contributed by atoms with Gasteiger partial charge in [0.05, 0.1) is 0 Å². The summed E-state index contributed by atoms with van der Waals surface area (Å²) in [5, 5.41) is 0. The van der Waals surface area contributed by atoms with Crippen LogP contribution < -0.4 is 0 Å². The Morgan fingerprint density at radius 2 is 2.20 bits per heavy atom. The summed E-state index contributed by atoms with van der Waals surface area (Å²) in [4.78, 5) is 1.83. The van der Waals surface area contributed by atoms with Gasteiger partial charge < -0.3 is 4.90 Å². The molecule has 2 heteroatoms. The van der Waals surface area contributed by atoms with Gasteiger partial charge in [0.2, 0.25) is 0 Å². The highest BCUT2D eigenvalue weighted by Crippen LogP contribution is 2.20. The zero-order valence-electron chi connectivity index (χ0n) is 6.39. The number of hydrogen-bond acceptors (Lipinski definition) is 1. The van der Waals surface area contributed by atoms with Gasteiger partial charge in [-0.2, -0.15) is 0 Å². The highest BCUT2D eigenvalue weighted by molar-refractivity contribution is 5.22. The average Bonchev–Trinajstić information content (AvgIpc) is 1.88. The van der Waals surface area contributed by atoms with Crippen molar-refractivity contribution >= 4 is 0 Å². The molecule has 0 atom stereocenters. The lowest BCUT2D eigenvalue weighted by molar-refractivity contribution is 0.451. The average molecular weight is 141 g/mol. The van der Waals surface area contributed by atoms with Gasteiger partial charge in [0.1, 0.15) is 5.83 Å². The monoisotopic (exact) mass is 141 g/mol. The Morgan fingerprint density at radius 1 is 1.50 bits per heavy atom. The van der Waals surface area contributed by atoms with Crippen molar-refractivity contribution in [3.05, 3.63) is 23.7 Å². The maximum Gasteiger partial charge on any atom is 0.141 e. The first-order valence-electron chi connectivity index (χ1n) is 3.44. The fourth-order valence-electron chi connectivity index (χ4n) is 1.06. The summed E-state index contributed by atoms with van der Waals surface area (Å²) in [6, 6.07) is 0. The normalized spacial score (nSPS) is 17.9. The smallest absolute Gasteiger partial charge is 0.141 e. The minimum Gasteiger partial charge on any atom is -0.379 e. The Labute approximate surface area is 60.8 Å². The summed E-state index contributed by atoms with van der Waals surface area (Å²) in [7, 11) is 3.74. The Balaban J connectivity index is 2.79. The Bertz CT molecular complexity index is 180. The Kier molecular flexibility index (Phi) is 2.10. The van der Waals surface area contributed by atoms with Gasteiger partial charge in [0.15, 0.2) is 0 Å². The van der Waals surface area contributed by atoms with Gasteiger partial charge >= 0.3 is 0 Å². The molecule has 0 bridgehead atoms. The van der Waals surface area contributed by atoms with Crippen molar-refractivity contribution in [2.75, 3.05) is 14.1 Å². The van der Waals surface area contributed by atoms with Crippen LogP contribution in [0.3, 0.4) is 0 Å². The molecule has 0 radical (unpaired) electrons. The first-order valence-corrected chi connectivity index (χ1v) is 3.44. The summed E-state index contributed by atoms with van der Waals surface area (Å²) in [5.41, 5.74) is 0.808. The molecule has 56 valence electrons. The van der Waals surface area contributed by atoms with Gasteiger partial charge in [-0.1, -0.05) is 6.08 Å². The standard InChI is InChI=1S/C8H12FN/c1-10(2)8-6-4-3-5-7(8)9/h3,5H,4,6H2,1-2H3. The lowest BCUT2D eigenvalue weighted by Gasteiger charge is -2.18. The molecule has 0 spiro atoms. The van der Waals surface area contributed by atoms with E-state index in [1.165, 1.54) is 0 Å². The van der Waals surface area contributed by atoms with E-state index in [1.807, 2.05) is 25.1 Å². The van der Waals surface area contributed by atoms with Crippen LogP contribution in [0.15, 0.2) is 23.7 Å². The van der Waals surface area contributed by atoms with Crippen LogP contribution in [-0.4, -0.2) is 19.0 Å². The van der Waals surface area contributed by atoms with Crippen LogP contribution in [0, 0.1) is 0 Å². The number of hydrogen-bond donors (Lipinski definition) is 0. The second-order valence-corrected chi connectivity index (χ2v) is 2.63.